The maximum absolute atomic E-state index is 13.0. The topological polar surface area (TPSA) is 406 Å². The van der Waals surface area contributed by atoms with Crippen LogP contribution in [0.3, 0.4) is 0 Å². The third-order valence-electron chi connectivity index (χ3n) is 14.1. The fourth-order valence-corrected chi connectivity index (χ4v) is 9.74. The molecular weight excluding hydrogens is 1310 g/mol. The van der Waals surface area contributed by atoms with Crippen molar-refractivity contribution in [3.8, 4) is 5.75 Å². The molecule has 0 aliphatic rings. The zero-order valence-electron chi connectivity index (χ0n) is 53.1. The Morgan fingerprint density at radius 1 is 0.333 bits per heavy atom. The van der Waals surface area contributed by atoms with Crippen LogP contribution in [-0.4, -0.2) is 153 Å². The molecule has 0 saturated heterocycles. The molecule has 520 valence electrons. The van der Waals surface area contributed by atoms with Crippen LogP contribution in [0.25, 0.3) is 0 Å². The molecule has 8 rings (SSSR count). The van der Waals surface area contributed by atoms with Crippen LogP contribution >= 0.6 is 11.6 Å². The van der Waals surface area contributed by atoms with Crippen LogP contribution in [0.5, 0.6) is 5.75 Å². The summed E-state index contributed by atoms with van der Waals surface area (Å²) in [5.41, 5.74) is 13.4. The number of halogens is 2. The molecule has 0 aliphatic carbocycles. The highest BCUT2D eigenvalue weighted by atomic mass is 35.5. The van der Waals surface area contributed by atoms with Gasteiger partial charge in [-0.2, -0.15) is 0 Å². The summed E-state index contributed by atoms with van der Waals surface area (Å²) in [6.07, 6.45) is 0. The number of ether oxygens (including phenoxy) is 1. The number of carboxylic acid groups (broad SMARTS) is 5. The van der Waals surface area contributed by atoms with Gasteiger partial charge in [-0.15, -0.1) is 0 Å². The number of carbonyl (C=O) groups is 9. The van der Waals surface area contributed by atoms with Crippen LogP contribution in [0.4, 0.5) is 4.39 Å². The fraction of sp³-hybridized carbons (Fsp3) is 0.186. The molecule has 0 unspecified atom stereocenters. The van der Waals surface area contributed by atoms with Gasteiger partial charge in [-0.1, -0.05) is 109 Å². The Labute approximate surface area is 571 Å². The first-order valence-electron chi connectivity index (χ1n) is 29.7. The molecule has 27 nitrogen and oxygen atoms in total. The Morgan fingerprint density at radius 3 is 0.758 bits per heavy atom. The zero-order valence-corrected chi connectivity index (χ0v) is 53.9. The van der Waals surface area contributed by atoms with E-state index in [1.165, 1.54) is 60.7 Å². The van der Waals surface area contributed by atoms with Crippen LogP contribution in [0.2, 0.25) is 5.02 Å². The lowest BCUT2D eigenvalue weighted by Crippen LogP contribution is -2.35. The predicted octanol–water partition coefficient (Wildman–Crippen LogP) is 8.07. The molecule has 13 N–H and O–H groups in total. The highest BCUT2D eigenvalue weighted by Gasteiger charge is 2.19. The second kappa shape index (κ2) is 40.9. The summed E-state index contributed by atoms with van der Waals surface area (Å²) in [6.45, 7) is 2.44. The van der Waals surface area contributed by atoms with Gasteiger partial charge in [0.15, 0.2) is 0 Å². The third-order valence-corrected chi connectivity index (χ3v) is 14.3. The maximum atomic E-state index is 13.0. The first kappa shape index (κ1) is 78.4. The fourth-order valence-electron chi connectivity index (χ4n) is 9.61. The molecular formula is C70H72ClFN8O19. The molecule has 0 fully saturated rings. The molecule has 0 heterocycles. The van der Waals surface area contributed by atoms with Gasteiger partial charge in [-0.05, 0) is 142 Å². The zero-order chi connectivity index (χ0) is 72.4. The van der Waals surface area contributed by atoms with E-state index in [0.717, 1.165) is 33.6 Å². The van der Waals surface area contributed by atoms with E-state index in [0.29, 0.717) is 61.0 Å². The maximum Gasteiger partial charge on any atom is 0.335 e. The van der Waals surface area contributed by atoms with Gasteiger partial charge in [0.1, 0.15) is 11.6 Å². The van der Waals surface area contributed by atoms with Gasteiger partial charge in [0.05, 0.1) is 61.1 Å². The van der Waals surface area contributed by atoms with Crippen molar-refractivity contribution >= 4 is 65.1 Å². The molecule has 4 amide bonds. The largest absolute Gasteiger partial charge is 0.497 e. The average molecular weight is 1380 g/mol. The van der Waals surface area contributed by atoms with Gasteiger partial charge >= 0.3 is 29.8 Å². The number of nitrogens with one attached hydrogen (secondary N) is 4. The third kappa shape index (κ3) is 28.9. The number of benzene rings is 8. The molecule has 0 aliphatic heterocycles. The number of carbonyl (C=O) groups excluding carboxylic acids is 4. The van der Waals surface area contributed by atoms with Crippen molar-refractivity contribution in [1.82, 2.24) is 41.5 Å². The monoisotopic (exact) mass is 1380 g/mol. The molecule has 0 aromatic heterocycles. The number of amides is 4. The lowest BCUT2D eigenvalue weighted by Gasteiger charge is -2.22. The quantitative estimate of drug-likeness (QED) is 0.0149. The van der Waals surface area contributed by atoms with Crippen LogP contribution in [0.1, 0.15) is 96.3 Å². The number of hydrogen-bond acceptors (Lipinski definition) is 18. The Balaban J connectivity index is 0.000000238. The number of carboxylic acids is 5. The number of nitrogens with zero attached hydrogens (tertiary/aromatic N) is 4. The van der Waals surface area contributed by atoms with E-state index in [1.54, 1.807) is 146 Å². The van der Waals surface area contributed by atoms with Crippen molar-refractivity contribution in [2.45, 2.75) is 52.4 Å². The summed E-state index contributed by atoms with van der Waals surface area (Å²) in [5.74, 6) is -7.08. The number of methoxy groups -OCH3 is 1. The van der Waals surface area contributed by atoms with Gasteiger partial charge in [0, 0.05) is 57.4 Å². The van der Waals surface area contributed by atoms with Crippen LogP contribution in [0, 0.1) is 5.82 Å². The summed E-state index contributed by atoms with van der Waals surface area (Å²) in [4.78, 5) is 108. The Hall–Kier alpha value is -11.3. The lowest BCUT2D eigenvalue weighted by atomic mass is 10.1. The van der Waals surface area contributed by atoms with E-state index in [-0.39, 0.29) is 72.9 Å². The second-order valence-electron chi connectivity index (χ2n) is 21.8. The predicted molar refractivity (Wildman–Crippen MR) is 354 cm³/mol. The average Bonchev–Trinajstić information content (AvgIpc) is 0.989. The second-order valence-corrected chi connectivity index (χ2v) is 22.3. The minimum Gasteiger partial charge on any atom is -0.497 e. The molecule has 0 saturated carbocycles. The Morgan fingerprint density at radius 2 is 0.545 bits per heavy atom. The first-order chi connectivity index (χ1) is 47.3. The standard InChI is InChI=1S/C18H18N2O6.C18H20N2O5.C17H17ClN2O4.C17H17FN2O4/c21-16(19-26)11-20(9-12-3-1-5-14(7-12)17(22)23)10-13-4-2-6-15(8-13)18(24)25;1-25-16-7-5-13(6-8-16)10-20(12-17(21)19-24)11-14-3-2-4-15(9-14)18(22)23;2*18-15-6-4-12(5-7-15)9-20(11-16(21)19-24)10-13-2-1-3-14(8-13)17(22)23/h1-8,26H,9-11H2,(H,19,21)(H,22,23)(H,24,25);2-9,24H,10-12H2,1H3,(H,19,21)(H,22,23);2*1-8,24H,9-11H2,(H,19,21)(H,22,23). The van der Waals surface area contributed by atoms with E-state index in [2.05, 4.69) is 0 Å². The Bertz CT molecular complexity index is 3840. The number of hydrogen-bond donors (Lipinski definition) is 13. The summed E-state index contributed by atoms with van der Waals surface area (Å²) < 4.78 is 18.1. The first-order valence-corrected chi connectivity index (χ1v) is 30.1. The summed E-state index contributed by atoms with van der Waals surface area (Å²) >= 11 is 5.87. The van der Waals surface area contributed by atoms with E-state index in [9.17, 15) is 47.5 Å². The van der Waals surface area contributed by atoms with Gasteiger partial charge < -0.3 is 30.3 Å². The molecule has 8 aromatic rings. The van der Waals surface area contributed by atoms with Crippen molar-refractivity contribution in [3.05, 3.63) is 277 Å². The molecule has 29 heteroatoms. The van der Waals surface area contributed by atoms with Crippen molar-refractivity contribution < 1.29 is 98.6 Å². The van der Waals surface area contributed by atoms with Gasteiger partial charge in [0.2, 0.25) is 0 Å². The van der Waals surface area contributed by atoms with E-state index >= 15 is 0 Å². The molecule has 0 atom stereocenters. The van der Waals surface area contributed by atoms with Gasteiger partial charge in [0.25, 0.3) is 23.6 Å². The minimum absolute atomic E-state index is 0.0279. The van der Waals surface area contributed by atoms with Crippen LogP contribution < -0.4 is 26.7 Å². The van der Waals surface area contributed by atoms with Gasteiger partial charge in [-0.25, -0.2) is 50.3 Å². The lowest BCUT2D eigenvalue weighted by molar-refractivity contribution is -0.131. The smallest absolute Gasteiger partial charge is 0.335 e. The van der Waals surface area contributed by atoms with E-state index < -0.39 is 53.5 Å². The van der Waals surface area contributed by atoms with Crippen molar-refractivity contribution in [2.24, 2.45) is 0 Å². The number of hydroxylamine groups is 4. The van der Waals surface area contributed by atoms with Gasteiger partial charge in [-0.3, -0.25) is 59.6 Å². The van der Waals surface area contributed by atoms with Crippen LogP contribution in [-0.2, 0) is 71.5 Å². The summed E-state index contributed by atoms with van der Waals surface area (Å²) in [7, 11) is 1.59. The highest BCUT2D eigenvalue weighted by Crippen LogP contribution is 2.20. The summed E-state index contributed by atoms with van der Waals surface area (Å²) in [5, 5.41) is 81.0. The molecule has 0 radical (unpaired) electrons. The van der Waals surface area contributed by atoms with E-state index in [1.807, 2.05) is 36.4 Å². The minimum atomic E-state index is -1.05. The summed E-state index contributed by atoms with van der Waals surface area (Å²) in [6, 6.07) is 52.5. The van der Waals surface area contributed by atoms with Crippen LogP contribution in [0.15, 0.2) is 194 Å². The highest BCUT2D eigenvalue weighted by molar-refractivity contribution is 6.30. The number of rotatable bonds is 30. The molecule has 0 spiro atoms. The molecule has 0 bridgehead atoms. The van der Waals surface area contributed by atoms with Crippen molar-refractivity contribution in [1.29, 1.82) is 0 Å². The Kier molecular flexibility index (Phi) is 32.4. The molecule has 8 aromatic carbocycles. The number of aromatic carboxylic acids is 5. The van der Waals surface area contributed by atoms with Crippen molar-refractivity contribution in [3.63, 3.8) is 0 Å². The normalized spacial score (nSPS) is 10.6. The van der Waals surface area contributed by atoms with Crippen molar-refractivity contribution in [2.75, 3.05) is 33.3 Å². The van der Waals surface area contributed by atoms with E-state index in [4.69, 9.17) is 62.7 Å². The molecule has 99 heavy (non-hydrogen) atoms. The SMILES string of the molecule is COc1ccc(CN(CC(=O)NO)Cc2cccc(C(=O)O)c2)cc1.O=C(CN(Cc1ccc(Cl)cc1)Cc1cccc(C(=O)O)c1)NO.O=C(CN(Cc1ccc(F)cc1)Cc1cccc(C(=O)O)c1)NO.O=C(CN(Cc1cccc(C(=O)O)c1)Cc1cccc(C(=O)O)c1)NO.